The van der Waals surface area contributed by atoms with Gasteiger partial charge < -0.3 is 10.1 Å². The smallest absolute Gasteiger partial charge is 0.227 e. The molecule has 2 aromatic carbocycles. The Labute approximate surface area is 208 Å². The van der Waals surface area contributed by atoms with Gasteiger partial charge in [-0.1, -0.05) is 67.5 Å². The second kappa shape index (κ2) is 9.12. The van der Waals surface area contributed by atoms with Gasteiger partial charge >= 0.3 is 0 Å². The summed E-state index contributed by atoms with van der Waals surface area (Å²) in [6.07, 6.45) is 1.29. The monoisotopic (exact) mass is 494 g/mol. The van der Waals surface area contributed by atoms with Crippen molar-refractivity contribution in [1.29, 1.82) is 0 Å². The topological polar surface area (TPSA) is 69.0 Å². The number of ketones is 1. The second-order valence-corrected chi connectivity index (χ2v) is 10.8. The van der Waals surface area contributed by atoms with Crippen LogP contribution in [0.4, 0.5) is 5.95 Å². The zero-order chi connectivity index (χ0) is 23.9. The van der Waals surface area contributed by atoms with E-state index in [9.17, 15) is 4.79 Å². The number of nitrogens with zero attached hydrogens (tertiary/aromatic N) is 3. The van der Waals surface area contributed by atoms with Crippen molar-refractivity contribution < 1.29 is 9.53 Å². The highest BCUT2D eigenvalue weighted by Crippen LogP contribution is 2.46. The Balaban J connectivity index is 1.54. The highest BCUT2D eigenvalue weighted by Gasteiger charge is 2.42. The van der Waals surface area contributed by atoms with E-state index in [1.54, 1.807) is 0 Å². The third-order valence-electron chi connectivity index (χ3n) is 6.11. The minimum atomic E-state index is -0.350. The molecule has 3 aromatic rings. The average molecular weight is 495 g/mol. The van der Waals surface area contributed by atoms with Gasteiger partial charge in [0.25, 0.3) is 0 Å². The summed E-state index contributed by atoms with van der Waals surface area (Å²) in [4.78, 5) is 18.2. The number of hydrogen-bond acceptors (Lipinski definition) is 6. The molecule has 1 aromatic heterocycles. The molecule has 2 heterocycles. The van der Waals surface area contributed by atoms with E-state index >= 15 is 0 Å². The second-order valence-electron chi connectivity index (χ2n) is 9.41. The Hall–Kier alpha value is -2.77. The molecule has 0 fully saturated rings. The number of nitrogens with one attached hydrogen (secondary N) is 1. The summed E-state index contributed by atoms with van der Waals surface area (Å²) >= 11 is 7.86. The van der Waals surface area contributed by atoms with E-state index in [-0.39, 0.29) is 17.2 Å². The number of Topliss-reactive ketones (excluding diaryl/α,β-unsaturated/α-hetero) is 1. The van der Waals surface area contributed by atoms with Crippen molar-refractivity contribution >= 4 is 35.1 Å². The SMILES string of the molecule is CCOc1cccc(C2C3=C(CC(C)(C)CC3=O)Nc3nc(SCc4ccccc4Cl)nn32)c1. The van der Waals surface area contributed by atoms with Crippen LogP contribution in [-0.4, -0.2) is 27.2 Å². The van der Waals surface area contributed by atoms with Crippen LogP contribution in [-0.2, 0) is 10.5 Å². The molecule has 2 aliphatic rings. The molecule has 1 N–H and O–H groups in total. The van der Waals surface area contributed by atoms with Gasteiger partial charge in [-0.3, -0.25) is 4.79 Å². The molecule has 5 rings (SSSR count). The van der Waals surface area contributed by atoms with E-state index in [4.69, 9.17) is 26.4 Å². The Kier molecular flexibility index (Phi) is 6.16. The minimum absolute atomic E-state index is 0.107. The lowest BCUT2D eigenvalue weighted by Gasteiger charge is -2.38. The zero-order valence-electron chi connectivity index (χ0n) is 19.5. The predicted octanol–water partition coefficient (Wildman–Crippen LogP) is 6.28. The van der Waals surface area contributed by atoms with Crippen molar-refractivity contribution in [2.45, 2.75) is 50.6 Å². The number of thioether (sulfide) groups is 1. The lowest BCUT2D eigenvalue weighted by atomic mass is 9.73. The van der Waals surface area contributed by atoms with Crippen molar-refractivity contribution in [2.24, 2.45) is 5.41 Å². The highest BCUT2D eigenvalue weighted by atomic mass is 35.5. The number of carbonyl (C=O) groups is 1. The van der Waals surface area contributed by atoms with Crippen molar-refractivity contribution in [3.05, 3.63) is 76.0 Å². The first kappa shape index (κ1) is 23.0. The van der Waals surface area contributed by atoms with E-state index in [1.165, 1.54) is 11.8 Å². The van der Waals surface area contributed by atoms with Gasteiger partial charge in [0.2, 0.25) is 11.1 Å². The number of hydrogen-bond donors (Lipinski definition) is 1. The number of carbonyl (C=O) groups excluding carboxylic acids is 1. The van der Waals surface area contributed by atoms with E-state index < -0.39 is 0 Å². The van der Waals surface area contributed by atoms with Crippen molar-refractivity contribution in [3.8, 4) is 5.75 Å². The minimum Gasteiger partial charge on any atom is -0.494 e. The summed E-state index contributed by atoms with van der Waals surface area (Å²) < 4.78 is 7.59. The van der Waals surface area contributed by atoms with Gasteiger partial charge in [-0.15, -0.1) is 5.10 Å². The molecule has 1 aliphatic heterocycles. The fourth-order valence-electron chi connectivity index (χ4n) is 4.66. The average Bonchev–Trinajstić information content (AvgIpc) is 3.19. The molecule has 0 saturated carbocycles. The number of ether oxygens (including phenoxy) is 1. The van der Waals surface area contributed by atoms with Crippen LogP contribution in [0.1, 0.15) is 50.8 Å². The maximum atomic E-state index is 13.4. The van der Waals surface area contributed by atoms with Crippen LogP contribution in [0.5, 0.6) is 5.75 Å². The number of aromatic nitrogens is 3. The fraction of sp³-hybridized carbons (Fsp3) is 0.346. The van der Waals surface area contributed by atoms with E-state index in [2.05, 4.69) is 19.2 Å². The summed E-state index contributed by atoms with van der Waals surface area (Å²) in [5, 5.41) is 9.63. The summed E-state index contributed by atoms with van der Waals surface area (Å²) in [5.74, 6) is 2.24. The molecule has 0 saturated heterocycles. The fourth-order valence-corrected chi connectivity index (χ4v) is 5.77. The van der Waals surface area contributed by atoms with Crippen LogP contribution in [0.25, 0.3) is 0 Å². The Morgan fingerprint density at radius 1 is 1.21 bits per heavy atom. The van der Waals surface area contributed by atoms with Gasteiger partial charge in [-0.05, 0) is 48.1 Å². The first-order chi connectivity index (χ1) is 16.3. The molecule has 8 heteroatoms. The summed E-state index contributed by atoms with van der Waals surface area (Å²) in [6.45, 7) is 6.80. The largest absolute Gasteiger partial charge is 0.494 e. The maximum absolute atomic E-state index is 13.4. The van der Waals surface area contributed by atoms with Crippen LogP contribution < -0.4 is 10.1 Å². The van der Waals surface area contributed by atoms with Crippen LogP contribution in [0.15, 0.2) is 65.0 Å². The number of allylic oxidation sites excluding steroid dienone is 2. The molecule has 1 unspecified atom stereocenters. The van der Waals surface area contributed by atoms with E-state index in [0.29, 0.717) is 29.9 Å². The summed E-state index contributed by atoms with van der Waals surface area (Å²) in [7, 11) is 0. The number of halogens is 1. The number of anilines is 1. The van der Waals surface area contributed by atoms with Crippen molar-refractivity contribution in [3.63, 3.8) is 0 Å². The molecule has 176 valence electrons. The van der Waals surface area contributed by atoms with Gasteiger partial charge in [0.1, 0.15) is 11.8 Å². The van der Waals surface area contributed by atoms with E-state index in [0.717, 1.165) is 39.6 Å². The number of benzene rings is 2. The first-order valence-electron chi connectivity index (χ1n) is 11.4. The number of rotatable bonds is 6. The van der Waals surface area contributed by atoms with Crippen LogP contribution in [0.2, 0.25) is 5.02 Å². The molecule has 0 bridgehead atoms. The third-order valence-corrected chi connectivity index (χ3v) is 7.37. The third kappa shape index (κ3) is 4.46. The van der Waals surface area contributed by atoms with Gasteiger partial charge in [0.15, 0.2) is 5.78 Å². The standard InChI is InChI=1S/C26H27ClN4O2S/c1-4-33-18-10-7-9-16(12-18)23-22-20(13-26(2,3)14-21(22)32)28-24-29-25(30-31(23)24)34-15-17-8-5-6-11-19(17)27/h5-12,23H,4,13-15H2,1-3H3,(H,28,29,30). The molecule has 1 aliphatic carbocycles. The molecular weight excluding hydrogens is 468 g/mol. The van der Waals surface area contributed by atoms with E-state index in [1.807, 2.05) is 60.1 Å². The van der Waals surface area contributed by atoms with Gasteiger partial charge in [-0.2, -0.15) is 4.98 Å². The molecule has 34 heavy (non-hydrogen) atoms. The predicted molar refractivity (Wildman–Crippen MR) is 135 cm³/mol. The Morgan fingerprint density at radius 3 is 2.82 bits per heavy atom. The molecule has 6 nitrogen and oxygen atoms in total. The zero-order valence-corrected chi connectivity index (χ0v) is 21.0. The molecule has 0 radical (unpaired) electrons. The Morgan fingerprint density at radius 2 is 2.03 bits per heavy atom. The quantitative estimate of drug-likeness (QED) is 0.406. The van der Waals surface area contributed by atoms with Gasteiger partial charge in [0.05, 0.1) is 6.61 Å². The first-order valence-corrected chi connectivity index (χ1v) is 12.8. The molecular formula is C26H27ClN4O2S. The lowest BCUT2D eigenvalue weighted by Crippen LogP contribution is -2.36. The summed E-state index contributed by atoms with van der Waals surface area (Å²) in [6, 6.07) is 15.4. The van der Waals surface area contributed by atoms with Gasteiger partial charge in [0, 0.05) is 28.5 Å². The maximum Gasteiger partial charge on any atom is 0.227 e. The molecule has 0 spiro atoms. The number of fused-ring (bicyclic) bond motifs is 1. The lowest BCUT2D eigenvalue weighted by molar-refractivity contribution is -0.118. The van der Waals surface area contributed by atoms with Crippen LogP contribution >= 0.6 is 23.4 Å². The molecule has 1 atom stereocenters. The normalized spacial score (nSPS) is 18.8. The summed E-state index contributed by atoms with van der Waals surface area (Å²) in [5.41, 5.74) is 3.60. The highest BCUT2D eigenvalue weighted by molar-refractivity contribution is 7.98. The Bertz CT molecular complexity index is 1280. The van der Waals surface area contributed by atoms with Crippen molar-refractivity contribution in [2.75, 3.05) is 11.9 Å². The van der Waals surface area contributed by atoms with Gasteiger partial charge in [-0.25, -0.2) is 4.68 Å². The van der Waals surface area contributed by atoms with Crippen LogP contribution in [0, 0.1) is 5.41 Å². The van der Waals surface area contributed by atoms with Crippen molar-refractivity contribution in [1.82, 2.24) is 14.8 Å². The molecule has 0 amide bonds. The van der Waals surface area contributed by atoms with Crippen LogP contribution in [0.3, 0.4) is 0 Å².